The summed E-state index contributed by atoms with van der Waals surface area (Å²) < 4.78 is 64.2. The van der Waals surface area contributed by atoms with Crippen LogP contribution in [-0.4, -0.2) is 45.2 Å². The summed E-state index contributed by atoms with van der Waals surface area (Å²) in [5.74, 6) is -1.23. The largest absolute Gasteiger partial charge is 0.573 e. The zero-order valence-corrected chi connectivity index (χ0v) is 18.0. The predicted molar refractivity (Wildman–Crippen MR) is 109 cm³/mol. The highest BCUT2D eigenvalue weighted by Gasteiger charge is 2.37. The molecular formula is C22H22F3NO7. The van der Waals surface area contributed by atoms with Gasteiger partial charge in [0.15, 0.2) is 11.5 Å². The topological polar surface area (TPSA) is 92.3 Å². The Morgan fingerprint density at radius 2 is 1.88 bits per heavy atom. The van der Waals surface area contributed by atoms with Crippen molar-refractivity contribution in [1.29, 1.82) is 0 Å². The maximum absolute atomic E-state index is 12.8. The van der Waals surface area contributed by atoms with Crippen molar-refractivity contribution in [3.8, 4) is 17.2 Å². The van der Waals surface area contributed by atoms with Crippen LogP contribution in [0.25, 0.3) is 0 Å². The third kappa shape index (κ3) is 5.67. The summed E-state index contributed by atoms with van der Waals surface area (Å²) in [6.07, 6.45) is -7.72. The number of benzene rings is 2. The molecule has 0 saturated carbocycles. The molecule has 0 spiro atoms. The molecule has 178 valence electrons. The first-order valence-electron chi connectivity index (χ1n) is 9.89. The zero-order chi connectivity index (χ0) is 24.2. The molecule has 1 amide bonds. The van der Waals surface area contributed by atoms with Crippen LogP contribution in [0.1, 0.15) is 30.6 Å². The van der Waals surface area contributed by atoms with E-state index in [0.717, 1.165) is 12.1 Å². The van der Waals surface area contributed by atoms with Gasteiger partial charge in [-0.25, -0.2) is 0 Å². The molecule has 0 bridgehead atoms. The van der Waals surface area contributed by atoms with Gasteiger partial charge in [0.05, 0.1) is 27.2 Å². The van der Waals surface area contributed by atoms with Crippen LogP contribution in [0.2, 0.25) is 0 Å². The predicted octanol–water partition coefficient (Wildman–Crippen LogP) is 3.98. The smallest absolute Gasteiger partial charge is 0.493 e. The highest BCUT2D eigenvalue weighted by molar-refractivity contribution is 5.97. The van der Waals surface area contributed by atoms with Gasteiger partial charge in [-0.3, -0.25) is 9.59 Å². The van der Waals surface area contributed by atoms with E-state index < -0.39 is 42.6 Å². The molecule has 33 heavy (non-hydrogen) atoms. The summed E-state index contributed by atoms with van der Waals surface area (Å²) in [7, 11) is 2.81. The van der Waals surface area contributed by atoms with E-state index in [0.29, 0.717) is 11.3 Å². The normalized spacial score (nSPS) is 17.9. The second-order valence-electron chi connectivity index (χ2n) is 6.88. The molecule has 1 N–H and O–H groups in total. The number of alkyl halides is 3. The monoisotopic (exact) mass is 469 g/mol. The summed E-state index contributed by atoms with van der Waals surface area (Å²) in [5.41, 5.74) is 0.728. The third-order valence-electron chi connectivity index (χ3n) is 4.76. The van der Waals surface area contributed by atoms with Crippen LogP contribution in [0.3, 0.4) is 0 Å². The molecule has 8 nitrogen and oxygen atoms in total. The maximum atomic E-state index is 12.8. The van der Waals surface area contributed by atoms with Gasteiger partial charge in [0, 0.05) is 16.8 Å². The SMILES string of the molecule is CCOC(=O)C[C@H]1O[C@H](c2cccc(OC)c2OC)c2cc(OC(F)(F)F)ccc2NC1=O. The van der Waals surface area contributed by atoms with Gasteiger partial charge in [0.25, 0.3) is 5.91 Å². The molecule has 0 aliphatic carbocycles. The van der Waals surface area contributed by atoms with Crippen LogP contribution in [0.5, 0.6) is 17.2 Å². The van der Waals surface area contributed by atoms with Crippen molar-refractivity contribution in [2.45, 2.75) is 31.9 Å². The standard InChI is InChI=1S/C22H22F3NO7/c1-4-31-18(27)11-17-21(28)26-15-9-8-12(33-22(23,24)25)10-14(15)19(32-17)13-6-5-7-16(29-2)20(13)30-3/h5-10,17,19H,4,11H2,1-3H3,(H,26,28)/t17-,19-/m1/s1. The van der Waals surface area contributed by atoms with Gasteiger partial charge in [0.1, 0.15) is 18.0 Å². The quantitative estimate of drug-likeness (QED) is 0.614. The molecule has 2 aromatic carbocycles. The van der Waals surface area contributed by atoms with Crippen molar-refractivity contribution in [3.63, 3.8) is 0 Å². The molecule has 0 fully saturated rings. The molecule has 0 aromatic heterocycles. The van der Waals surface area contributed by atoms with E-state index in [4.69, 9.17) is 18.9 Å². The fourth-order valence-electron chi connectivity index (χ4n) is 3.45. The van der Waals surface area contributed by atoms with Crippen LogP contribution in [0, 0.1) is 0 Å². The molecule has 3 rings (SSSR count). The Kier molecular flexibility index (Phi) is 7.32. The molecule has 1 aliphatic heterocycles. The summed E-state index contributed by atoms with van der Waals surface area (Å²) in [5, 5.41) is 2.60. The Labute approximate surface area is 187 Å². The van der Waals surface area contributed by atoms with Crippen molar-refractivity contribution in [2.75, 3.05) is 26.1 Å². The number of ether oxygens (including phenoxy) is 5. The number of halogens is 3. The Morgan fingerprint density at radius 3 is 2.52 bits per heavy atom. The van der Waals surface area contributed by atoms with Crippen LogP contribution < -0.4 is 19.5 Å². The number of carbonyl (C=O) groups excluding carboxylic acids is 2. The van der Waals surface area contributed by atoms with Crippen LogP contribution in [-0.2, 0) is 19.1 Å². The number of carbonyl (C=O) groups is 2. The number of esters is 1. The van der Waals surface area contributed by atoms with Crippen molar-refractivity contribution in [1.82, 2.24) is 0 Å². The number of fused-ring (bicyclic) bond motifs is 1. The average Bonchev–Trinajstić information content (AvgIpc) is 2.88. The maximum Gasteiger partial charge on any atom is 0.573 e. The molecule has 0 saturated heterocycles. The second kappa shape index (κ2) is 9.99. The first-order valence-corrected chi connectivity index (χ1v) is 9.89. The highest BCUT2D eigenvalue weighted by atomic mass is 19.4. The fraction of sp³-hybridized carbons (Fsp3) is 0.364. The van der Waals surface area contributed by atoms with Gasteiger partial charge in [-0.1, -0.05) is 12.1 Å². The summed E-state index contributed by atoms with van der Waals surface area (Å²) in [6.45, 7) is 1.73. The number of hydrogen-bond donors (Lipinski definition) is 1. The van der Waals surface area contributed by atoms with E-state index in [1.165, 1.54) is 20.3 Å². The van der Waals surface area contributed by atoms with E-state index in [-0.39, 0.29) is 23.6 Å². The number of nitrogens with one attached hydrogen (secondary N) is 1. The Bertz CT molecular complexity index is 1030. The van der Waals surface area contributed by atoms with Gasteiger partial charge in [-0.2, -0.15) is 0 Å². The minimum atomic E-state index is -4.92. The Hall–Kier alpha value is -3.47. The molecule has 2 aromatic rings. The number of amides is 1. The number of para-hydroxylation sites is 1. The molecular weight excluding hydrogens is 447 g/mol. The molecule has 0 radical (unpaired) electrons. The van der Waals surface area contributed by atoms with Crippen LogP contribution in [0.15, 0.2) is 36.4 Å². The number of anilines is 1. The Morgan fingerprint density at radius 1 is 1.12 bits per heavy atom. The molecule has 0 unspecified atom stereocenters. The Balaban J connectivity index is 2.13. The van der Waals surface area contributed by atoms with Crippen molar-refractivity contribution < 1.29 is 46.4 Å². The summed E-state index contributed by atoms with van der Waals surface area (Å²) in [4.78, 5) is 24.8. The van der Waals surface area contributed by atoms with Crippen LogP contribution in [0.4, 0.5) is 18.9 Å². The minimum Gasteiger partial charge on any atom is -0.493 e. The summed E-state index contributed by atoms with van der Waals surface area (Å²) in [6, 6.07) is 8.32. The molecule has 11 heteroatoms. The average molecular weight is 469 g/mol. The lowest BCUT2D eigenvalue weighted by atomic mass is 9.98. The molecule has 2 atom stereocenters. The number of rotatable bonds is 7. The van der Waals surface area contributed by atoms with E-state index >= 15 is 0 Å². The number of hydrogen-bond acceptors (Lipinski definition) is 7. The van der Waals surface area contributed by atoms with Gasteiger partial charge in [-0.15, -0.1) is 13.2 Å². The van der Waals surface area contributed by atoms with Gasteiger partial charge < -0.3 is 29.0 Å². The molecule has 1 aliphatic rings. The summed E-state index contributed by atoms with van der Waals surface area (Å²) >= 11 is 0. The zero-order valence-electron chi connectivity index (χ0n) is 18.0. The lowest BCUT2D eigenvalue weighted by Gasteiger charge is -2.24. The van der Waals surface area contributed by atoms with Gasteiger partial charge in [-0.05, 0) is 31.2 Å². The first kappa shape index (κ1) is 24.2. The number of methoxy groups -OCH3 is 2. The first-order chi connectivity index (χ1) is 15.7. The van der Waals surface area contributed by atoms with E-state index in [1.807, 2.05) is 0 Å². The second-order valence-corrected chi connectivity index (χ2v) is 6.88. The van der Waals surface area contributed by atoms with E-state index in [9.17, 15) is 22.8 Å². The van der Waals surface area contributed by atoms with Gasteiger partial charge >= 0.3 is 12.3 Å². The molecule has 1 heterocycles. The van der Waals surface area contributed by atoms with Crippen molar-refractivity contribution in [3.05, 3.63) is 47.5 Å². The minimum absolute atomic E-state index is 0.110. The highest BCUT2D eigenvalue weighted by Crippen LogP contribution is 2.44. The van der Waals surface area contributed by atoms with Crippen LogP contribution >= 0.6 is 0 Å². The fourth-order valence-corrected chi connectivity index (χ4v) is 3.45. The van der Waals surface area contributed by atoms with E-state index in [2.05, 4.69) is 10.1 Å². The van der Waals surface area contributed by atoms with Crippen molar-refractivity contribution >= 4 is 17.6 Å². The lowest BCUT2D eigenvalue weighted by Crippen LogP contribution is -2.32. The van der Waals surface area contributed by atoms with Gasteiger partial charge in [0.2, 0.25) is 0 Å². The van der Waals surface area contributed by atoms with E-state index in [1.54, 1.807) is 25.1 Å². The third-order valence-corrected chi connectivity index (χ3v) is 4.76. The lowest BCUT2D eigenvalue weighted by molar-refractivity contribution is -0.274. The van der Waals surface area contributed by atoms with Crippen molar-refractivity contribution in [2.24, 2.45) is 0 Å².